The number of H-pyrrole nitrogens is 2. The Bertz CT molecular complexity index is 986. The SMILES string of the molecule is C=Cc1cc(-c2[nH]c3cc(Br)ccc3c2C(=O)C(F)(F)F)[nH]c1C=C. The lowest BCUT2D eigenvalue weighted by atomic mass is 10.0. The molecule has 3 rings (SSSR count). The van der Waals surface area contributed by atoms with Crippen molar-refractivity contribution in [3.8, 4) is 11.4 Å². The first kappa shape index (κ1) is 17.3. The molecule has 2 heterocycles. The fourth-order valence-corrected chi connectivity index (χ4v) is 3.07. The molecule has 0 amide bonds. The average molecular weight is 409 g/mol. The summed E-state index contributed by atoms with van der Waals surface area (Å²) >= 11 is 3.28. The summed E-state index contributed by atoms with van der Waals surface area (Å²) in [7, 11) is 0. The first-order valence-electron chi connectivity index (χ1n) is 7.17. The molecule has 0 aliphatic rings. The normalized spacial score (nSPS) is 11.7. The molecule has 1 aromatic carbocycles. The number of aromatic nitrogens is 2. The molecule has 0 unspecified atom stereocenters. The van der Waals surface area contributed by atoms with Gasteiger partial charge in [-0.3, -0.25) is 4.79 Å². The minimum Gasteiger partial charge on any atom is -0.353 e. The molecule has 0 bridgehead atoms. The van der Waals surface area contributed by atoms with Gasteiger partial charge in [0.25, 0.3) is 5.78 Å². The maximum absolute atomic E-state index is 13.1. The van der Waals surface area contributed by atoms with Gasteiger partial charge in [0, 0.05) is 21.1 Å². The highest BCUT2D eigenvalue weighted by molar-refractivity contribution is 9.10. The Morgan fingerprint density at radius 1 is 1.12 bits per heavy atom. The second-order valence-corrected chi connectivity index (χ2v) is 6.27. The predicted molar refractivity (Wildman–Crippen MR) is 96.4 cm³/mol. The third-order valence-corrected chi connectivity index (χ3v) is 4.31. The minimum atomic E-state index is -4.98. The molecular formula is C18H12BrF3N2O. The lowest BCUT2D eigenvalue weighted by Crippen LogP contribution is -2.23. The van der Waals surface area contributed by atoms with Crippen molar-refractivity contribution in [3.05, 3.63) is 58.7 Å². The quantitative estimate of drug-likeness (QED) is 0.514. The maximum Gasteiger partial charge on any atom is 0.454 e. The number of halogens is 4. The molecule has 0 aliphatic carbocycles. The van der Waals surface area contributed by atoms with Crippen LogP contribution in [-0.2, 0) is 0 Å². The third-order valence-electron chi connectivity index (χ3n) is 3.82. The van der Waals surface area contributed by atoms with Crippen LogP contribution in [0.4, 0.5) is 13.2 Å². The van der Waals surface area contributed by atoms with Crippen LogP contribution in [0.1, 0.15) is 21.6 Å². The summed E-state index contributed by atoms with van der Waals surface area (Å²) in [5.74, 6) is -1.90. The zero-order chi connectivity index (χ0) is 18.4. The van der Waals surface area contributed by atoms with Crippen LogP contribution in [0.15, 0.2) is 41.9 Å². The van der Waals surface area contributed by atoms with E-state index in [-0.39, 0.29) is 11.1 Å². The summed E-state index contributed by atoms with van der Waals surface area (Å²) in [6.45, 7) is 7.32. The van der Waals surface area contributed by atoms with Gasteiger partial charge in [-0.25, -0.2) is 0 Å². The summed E-state index contributed by atoms with van der Waals surface area (Å²) in [4.78, 5) is 17.9. The molecule has 2 N–H and O–H groups in total. The monoisotopic (exact) mass is 408 g/mol. The molecule has 2 aromatic heterocycles. The number of nitrogens with one attached hydrogen (secondary N) is 2. The number of benzene rings is 1. The Balaban J connectivity index is 2.34. The largest absolute Gasteiger partial charge is 0.454 e. The summed E-state index contributed by atoms with van der Waals surface area (Å²) in [5, 5.41) is 0.204. The van der Waals surface area contributed by atoms with Crippen LogP contribution >= 0.6 is 15.9 Å². The number of carbonyl (C=O) groups excluding carboxylic acids is 1. The van der Waals surface area contributed by atoms with Crippen LogP contribution in [0, 0.1) is 0 Å². The van der Waals surface area contributed by atoms with Gasteiger partial charge < -0.3 is 9.97 Å². The average Bonchev–Trinajstić information content (AvgIpc) is 3.13. The van der Waals surface area contributed by atoms with Gasteiger partial charge in [-0.2, -0.15) is 13.2 Å². The highest BCUT2D eigenvalue weighted by Crippen LogP contribution is 2.36. The maximum atomic E-state index is 13.1. The van der Waals surface area contributed by atoms with Gasteiger partial charge in [-0.1, -0.05) is 41.2 Å². The highest BCUT2D eigenvalue weighted by atomic mass is 79.9. The standard InChI is InChI=1S/C18H12BrF3N2O/c1-3-9-7-14(23-12(9)4-2)16-15(17(25)18(20,21)22)11-6-5-10(19)8-13(11)24-16/h3-8,23-24H,1-2H2. The van der Waals surface area contributed by atoms with E-state index >= 15 is 0 Å². The van der Waals surface area contributed by atoms with Crippen molar-refractivity contribution in [3.63, 3.8) is 0 Å². The molecule has 0 fully saturated rings. The molecule has 128 valence electrons. The summed E-state index contributed by atoms with van der Waals surface area (Å²) in [6.07, 6.45) is -1.89. The molecular weight excluding hydrogens is 397 g/mol. The summed E-state index contributed by atoms with van der Waals surface area (Å²) in [6, 6.07) is 6.31. The Kier molecular flexibility index (Phi) is 4.20. The molecule has 3 aromatic rings. The number of rotatable bonds is 4. The van der Waals surface area contributed by atoms with Crippen LogP contribution in [0.2, 0.25) is 0 Å². The molecule has 7 heteroatoms. The van der Waals surface area contributed by atoms with E-state index in [2.05, 4.69) is 39.1 Å². The molecule has 0 radical (unpaired) electrons. The van der Waals surface area contributed by atoms with E-state index in [1.165, 1.54) is 12.1 Å². The van der Waals surface area contributed by atoms with E-state index in [0.717, 1.165) is 0 Å². The number of Topliss-reactive ketones (excluding diaryl/α,β-unsaturated/α-hetero) is 1. The van der Waals surface area contributed by atoms with Gasteiger partial charge in [-0.05, 0) is 29.8 Å². The van der Waals surface area contributed by atoms with Crippen LogP contribution in [-0.4, -0.2) is 21.9 Å². The number of hydrogen-bond acceptors (Lipinski definition) is 1. The molecule has 0 saturated carbocycles. The van der Waals surface area contributed by atoms with E-state index in [4.69, 9.17) is 0 Å². The van der Waals surface area contributed by atoms with E-state index in [0.29, 0.717) is 26.9 Å². The number of ketones is 1. The first-order chi connectivity index (χ1) is 11.8. The second-order valence-electron chi connectivity index (χ2n) is 5.35. The highest BCUT2D eigenvalue weighted by Gasteiger charge is 2.42. The van der Waals surface area contributed by atoms with E-state index in [9.17, 15) is 18.0 Å². The zero-order valence-corrected chi connectivity index (χ0v) is 14.4. The number of fused-ring (bicyclic) bond motifs is 1. The van der Waals surface area contributed by atoms with Crippen LogP contribution < -0.4 is 0 Å². The van der Waals surface area contributed by atoms with Crippen molar-refractivity contribution >= 4 is 44.8 Å². The molecule has 3 nitrogen and oxygen atoms in total. The Hall–Kier alpha value is -2.54. The van der Waals surface area contributed by atoms with E-state index in [1.807, 2.05) is 0 Å². The van der Waals surface area contributed by atoms with Crippen molar-refractivity contribution in [2.75, 3.05) is 0 Å². The minimum absolute atomic E-state index is 0.0756. The third kappa shape index (κ3) is 2.95. The Morgan fingerprint density at radius 3 is 2.40 bits per heavy atom. The van der Waals surface area contributed by atoms with Gasteiger partial charge >= 0.3 is 6.18 Å². The molecule has 0 saturated heterocycles. The van der Waals surface area contributed by atoms with Crippen LogP contribution in [0.3, 0.4) is 0 Å². The van der Waals surface area contributed by atoms with Gasteiger partial charge in [0.05, 0.1) is 17.0 Å². The van der Waals surface area contributed by atoms with Crippen LogP contribution in [0.5, 0.6) is 0 Å². The predicted octanol–water partition coefficient (Wildman–Crippen LogP) is 5.96. The van der Waals surface area contributed by atoms with Gasteiger partial charge in [0.1, 0.15) is 0 Å². The van der Waals surface area contributed by atoms with Crippen molar-refractivity contribution in [2.24, 2.45) is 0 Å². The molecule has 0 spiro atoms. The van der Waals surface area contributed by atoms with E-state index < -0.39 is 17.5 Å². The van der Waals surface area contributed by atoms with Crippen molar-refractivity contribution < 1.29 is 18.0 Å². The lowest BCUT2D eigenvalue weighted by molar-refractivity contribution is -0.0883. The molecule has 25 heavy (non-hydrogen) atoms. The lowest BCUT2D eigenvalue weighted by Gasteiger charge is -2.06. The van der Waals surface area contributed by atoms with Crippen molar-refractivity contribution in [2.45, 2.75) is 6.18 Å². The smallest absolute Gasteiger partial charge is 0.353 e. The zero-order valence-electron chi connectivity index (χ0n) is 12.8. The Morgan fingerprint density at radius 2 is 1.84 bits per heavy atom. The molecule has 0 aliphatic heterocycles. The summed E-state index contributed by atoms with van der Waals surface area (Å²) in [5.41, 5.74) is 1.72. The number of hydrogen-bond donors (Lipinski definition) is 2. The van der Waals surface area contributed by atoms with Crippen LogP contribution in [0.25, 0.3) is 34.4 Å². The van der Waals surface area contributed by atoms with Gasteiger partial charge in [0.15, 0.2) is 0 Å². The van der Waals surface area contributed by atoms with Gasteiger partial charge in [-0.15, -0.1) is 0 Å². The second kappa shape index (κ2) is 6.07. The topological polar surface area (TPSA) is 48.6 Å². The fraction of sp³-hybridized carbons (Fsp3) is 0.0556. The van der Waals surface area contributed by atoms with Crippen molar-refractivity contribution in [1.82, 2.24) is 9.97 Å². The molecule has 0 atom stereocenters. The summed E-state index contributed by atoms with van der Waals surface area (Å²) < 4.78 is 40.0. The fourth-order valence-electron chi connectivity index (χ4n) is 2.71. The number of alkyl halides is 3. The number of carbonyl (C=O) groups is 1. The van der Waals surface area contributed by atoms with Crippen molar-refractivity contribution in [1.29, 1.82) is 0 Å². The van der Waals surface area contributed by atoms with Gasteiger partial charge in [0.2, 0.25) is 0 Å². The first-order valence-corrected chi connectivity index (χ1v) is 7.96. The Labute approximate surface area is 149 Å². The van der Waals surface area contributed by atoms with E-state index in [1.54, 1.807) is 24.3 Å². The number of aromatic amines is 2.